The fourth-order valence-corrected chi connectivity index (χ4v) is 5.60. The van der Waals surface area contributed by atoms with Gasteiger partial charge in [0.25, 0.3) is 0 Å². The number of rotatable bonds is 6. The molecule has 4 fully saturated rings. The third-order valence-electron chi connectivity index (χ3n) is 5.95. The average Bonchev–Trinajstić information content (AvgIpc) is 2.30. The van der Waals surface area contributed by atoms with Crippen molar-refractivity contribution < 1.29 is 0 Å². The standard InChI is InChI=1S/C18H34N2/c1-17(2,3)20-7-6-19-5-4-18-11-14-8-15(12-18)10-16(9-14)13-18/h14-16,19-20H,4-13H2,1-3H3. The Balaban J connectivity index is 1.37. The van der Waals surface area contributed by atoms with Gasteiger partial charge in [-0.25, -0.2) is 0 Å². The molecule has 0 spiro atoms. The van der Waals surface area contributed by atoms with Crippen molar-refractivity contribution in [3.8, 4) is 0 Å². The second-order valence-electron chi connectivity index (χ2n) is 9.09. The summed E-state index contributed by atoms with van der Waals surface area (Å²) in [6.45, 7) is 10.2. The van der Waals surface area contributed by atoms with Crippen molar-refractivity contribution >= 4 is 0 Å². The largest absolute Gasteiger partial charge is 0.315 e. The molecule has 0 unspecified atom stereocenters. The minimum Gasteiger partial charge on any atom is -0.315 e. The van der Waals surface area contributed by atoms with E-state index in [0.29, 0.717) is 0 Å². The molecule has 0 aromatic heterocycles. The summed E-state index contributed by atoms with van der Waals surface area (Å²) < 4.78 is 0. The van der Waals surface area contributed by atoms with Gasteiger partial charge in [-0.1, -0.05) is 0 Å². The molecular formula is C18H34N2. The van der Waals surface area contributed by atoms with E-state index in [2.05, 4.69) is 31.4 Å². The third kappa shape index (κ3) is 3.57. The van der Waals surface area contributed by atoms with Gasteiger partial charge >= 0.3 is 0 Å². The number of nitrogens with one attached hydrogen (secondary N) is 2. The Labute approximate surface area is 125 Å². The fraction of sp³-hybridized carbons (Fsp3) is 1.00. The van der Waals surface area contributed by atoms with Crippen LogP contribution in [0.15, 0.2) is 0 Å². The molecule has 2 nitrogen and oxygen atoms in total. The Morgan fingerprint density at radius 2 is 1.40 bits per heavy atom. The van der Waals surface area contributed by atoms with Crippen LogP contribution in [0.3, 0.4) is 0 Å². The Morgan fingerprint density at radius 3 is 1.90 bits per heavy atom. The van der Waals surface area contributed by atoms with E-state index in [-0.39, 0.29) is 5.54 Å². The van der Waals surface area contributed by atoms with Crippen LogP contribution in [0.1, 0.15) is 65.7 Å². The van der Waals surface area contributed by atoms with Crippen LogP contribution in [0.25, 0.3) is 0 Å². The first kappa shape index (κ1) is 14.8. The lowest BCUT2D eigenvalue weighted by molar-refractivity contribution is -0.0567. The SMILES string of the molecule is CC(C)(C)NCCNCCC12CC3CC(CC(C3)C1)C2. The summed E-state index contributed by atoms with van der Waals surface area (Å²) in [7, 11) is 0. The van der Waals surface area contributed by atoms with Crippen LogP contribution in [-0.2, 0) is 0 Å². The maximum atomic E-state index is 3.67. The molecule has 0 atom stereocenters. The molecule has 116 valence electrons. The molecule has 4 bridgehead atoms. The van der Waals surface area contributed by atoms with Gasteiger partial charge in [0.05, 0.1) is 0 Å². The summed E-state index contributed by atoms with van der Waals surface area (Å²) in [4.78, 5) is 0. The van der Waals surface area contributed by atoms with E-state index in [1.54, 1.807) is 38.5 Å². The molecule has 20 heavy (non-hydrogen) atoms. The maximum Gasteiger partial charge on any atom is 0.00970 e. The fourth-order valence-electron chi connectivity index (χ4n) is 5.60. The van der Waals surface area contributed by atoms with Gasteiger partial charge in [0, 0.05) is 18.6 Å². The van der Waals surface area contributed by atoms with Crippen molar-refractivity contribution in [3.63, 3.8) is 0 Å². The molecule has 0 aromatic carbocycles. The minimum absolute atomic E-state index is 0.252. The third-order valence-corrected chi connectivity index (χ3v) is 5.95. The lowest BCUT2D eigenvalue weighted by atomic mass is 9.49. The van der Waals surface area contributed by atoms with Crippen molar-refractivity contribution in [2.24, 2.45) is 23.2 Å². The van der Waals surface area contributed by atoms with Gasteiger partial charge < -0.3 is 10.6 Å². The molecule has 4 rings (SSSR count). The average molecular weight is 278 g/mol. The van der Waals surface area contributed by atoms with E-state index in [0.717, 1.165) is 36.3 Å². The highest BCUT2D eigenvalue weighted by molar-refractivity contribution is 5.01. The summed E-state index contributed by atoms with van der Waals surface area (Å²) in [5.41, 5.74) is 1.00. The van der Waals surface area contributed by atoms with Crippen LogP contribution in [-0.4, -0.2) is 25.2 Å². The van der Waals surface area contributed by atoms with Gasteiger partial charge in [-0.3, -0.25) is 0 Å². The molecule has 0 amide bonds. The van der Waals surface area contributed by atoms with Gasteiger partial charge in [0.15, 0.2) is 0 Å². The van der Waals surface area contributed by atoms with Crippen LogP contribution >= 0.6 is 0 Å². The summed E-state index contributed by atoms with van der Waals surface area (Å²) in [6, 6.07) is 0. The first-order chi connectivity index (χ1) is 9.44. The Morgan fingerprint density at radius 1 is 0.850 bits per heavy atom. The van der Waals surface area contributed by atoms with Crippen molar-refractivity contribution in [1.82, 2.24) is 10.6 Å². The Kier molecular flexibility index (Phi) is 4.16. The highest BCUT2D eigenvalue weighted by Gasteiger charge is 2.50. The highest BCUT2D eigenvalue weighted by Crippen LogP contribution is 2.61. The zero-order chi connectivity index (χ0) is 14.2. The lowest BCUT2D eigenvalue weighted by Gasteiger charge is -2.57. The van der Waals surface area contributed by atoms with Crippen LogP contribution in [0.5, 0.6) is 0 Å². The quantitative estimate of drug-likeness (QED) is 0.726. The zero-order valence-electron chi connectivity index (χ0n) is 13.8. The van der Waals surface area contributed by atoms with E-state index < -0.39 is 0 Å². The van der Waals surface area contributed by atoms with Gasteiger partial charge in [-0.2, -0.15) is 0 Å². The summed E-state index contributed by atoms with van der Waals surface area (Å²) in [6.07, 6.45) is 10.8. The molecule has 4 saturated carbocycles. The molecule has 2 heteroatoms. The summed E-state index contributed by atoms with van der Waals surface area (Å²) >= 11 is 0. The highest BCUT2D eigenvalue weighted by atomic mass is 15.0. The topological polar surface area (TPSA) is 24.1 Å². The smallest absolute Gasteiger partial charge is 0.00970 e. The van der Waals surface area contributed by atoms with Gasteiger partial charge in [0.2, 0.25) is 0 Å². The van der Waals surface area contributed by atoms with Crippen molar-refractivity contribution in [1.29, 1.82) is 0 Å². The molecule has 0 radical (unpaired) electrons. The van der Waals surface area contributed by atoms with Gasteiger partial charge in [-0.15, -0.1) is 0 Å². The molecular weight excluding hydrogens is 244 g/mol. The number of hydrogen-bond donors (Lipinski definition) is 2. The monoisotopic (exact) mass is 278 g/mol. The van der Waals surface area contributed by atoms with Crippen molar-refractivity contribution in [2.75, 3.05) is 19.6 Å². The first-order valence-corrected chi connectivity index (χ1v) is 8.90. The predicted octanol–water partition coefficient (Wildman–Crippen LogP) is 3.57. The van der Waals surface area contributed by atoms with Crippen LogP contribution < -0.4 is 10.6 Å². The molecule has 0 heterocycles. The van der Waals surface area contributed by atoms with E-state index in [9.17, 15) is 0 Å². The number of hydrogen-bond acceptors (Lipinski definition) is 2. The van der Waals surface area contributed by atoms with E-state index in [1.165, 1.54) is 13.0 Å². The van der Waals surface area contributed by atoms with Crippen molar-refractivity contribution in [2.45, 2.75) is 71.3 Å². The van der Waals surface area contributed by atoms with E-state index in [1.807, 2.05) is 0 Å². The molecule has 4 aliphatic rings. The van der Waals surface area contributed by atoms with Crippen LogP contribution in [0.4, 0.5) is 0 Å². The van der Waals surface area contributed by atoms with Crippen LogP contribution in [0.2, 0.25) is 0 Å². The van der Waals surface area contributed by atoms with Crippen molar-refractivity contribution in [3.05, 3.63) is 0 Å². The molecule has 4 aliphatic carbocycles. The predicted molar refractivity (Wildman–Crippen MR) is 85.8 cm³/mol. The normalized spacial score (nSPS) is 39.5. The maximum absolute atomic E-state index is 3.67. The lowest BCUT2D eigenvalue weighted by Crippen LogP contribution is -2.47. The second-order valence-corrected chi connectivity index (χ2v) is 9.09. The molecule has 2 N–H and O–H groups in total. The Bertz CT molecular complexity index is 294. The van der Waals surface area contributed by atoms with Gasteiger partial charge in [0.1, 0.15) is 0 Å². The zero-order valence-corrected chi connectivity index (χ0v) is 13.8. The Hall–Kier alpha value is -0.0800. The van der Waals surface area contributed by atoms with Crippen LogP contribution in [0, 0.1) is 23.2 Å². The summed E-state index contributed by atoms with van der Waals surface area (Å²) in [5, 5.41) is 7.22. The minimum atomic E-state index is 0.252. The first-order valence-electron chi connectivity index (χ1n) is 8.90. The second kappa shape index (κ2) is 5.61. The van der Waals surface area contributed by atoms with Gasteiger partial charge in [-0.05, 0) is 95.4 Å². The summed E-state index contributed by atoms with van der Waals surface area (Å²) in [5.74, 6) is 3.30. The molecule has 0 aliphatic heterocycles. The molecule has 0 saturated heterocycles. The van der Waals surface area contributed by atoms with E-state index in [4.69, 9.17) is 0 Å². The van der Waals surface area contributed by atoms with E-state index >= 15 is 0 Å². The molecule has 0 aromatic rings.